The van der Waals surface area contributed by atoms with E-state index in [1.807, 2.05) is 24.8 Å². The summed E-state index contributed by atoms with van der Waals surface area (Å²) < 4.78 is 0. The van der Waals surface area contributed by atoms with Gasteiger partial charge in [0, 0.05) is 18.7 Å². The SMILES string of the molecule is CCCCCCc1c(C(=O)O)cc(N(CC)CC)c(O)c1C(=O)c1ccccc1. The van der Waals surface area contributed by atoms with Crippen molar-refractivity contribution >= 4 is 17.4 Å². The van der Waals surface area contributed by atoms with Gasteiger partial charge < -0.3 is 15.1 Å². The number of anilines is 1. The fourth-order valence-electron chi connectivity index (χ4n) is 3.66. The minimum atomic E-state index is -1.08. The number of nitrogens with zero attached hydrogens (tertiary/aromatic N) is 1. The van der Waals surface area contributed by atoms with Crippen LogP contribution in [0.3, 0.4) is 0 Å². The minimum absolute atomic E-state index is 0.0977. The van der Waals surface area contributed by atoms with Crippen LogP contribution in [0.15, 0.2) is 36.4 Å². The smallest absolute Gasteiger partial charge is 0.336 e. The van der Waals surface area contributed by atoms with Crippen molar-refractivity contribution in [1.29, 1.82) is 0 Å². The van der Waals surface area contributed by atoms with Gasteiger partial charge in [-0.1, -0.05) is 56.5 Å². The Morgan fingerprint density at radius 3 is 2.17 bits per heavy atom. The zero-order valence-electron chi connectivity index (χ0n) is 17.6. The number of ketones is 1. The van der Waals surface area contributed by atoms with Gasteiger partial charge >= 0.3 is 5.97 Å². The molecule has 0 aliphatic carbocycles. The lowest BCUT2D eigenvalue weighted by Crippen LogP contribution is -2.24. The molecule has 0 atom stereocenters. The van der Waals surface area contributed by atoms with E-state index in [0.717, 1.165) is 25.7 Å². The van der Waals surface area contributed by atoms with Gasteiger partial charge in [-0.05, 0) is 38.3 Å². The number of hydrogen-bond acceptors (Lipinski definition) is 4. The monoisotopic (exact) mass is 397 g/mol. The fraction of sp³-hybridized carbons (Fsp3) is 0.417. The second-order valence-electron chi connectivity index (χ2n) is 7.13. The standard InChI is InChI=1S/C24H31NO4/c1-4-7-8-12-15-18-19(24(28)29)16-20(25(5-2)6-3)23(27)21(18)22(26)17-13-10-9-11-14-17/h9-11,13-14,16,27H,4-8,12,15H2,1-3H3,(H,28,29). The van der Waals surface area contributed by atoms with E-state index in [-0.39, 0.29) is 22.7 Å². The molecule has 0 bridgehead atoms. The first-order valence-electron chi connectivity index (χ1n) is 10.4. The number of carboxylic acids is 1. The van der Waals surface area contributed by atoms with Gasteiger partial charge in [0.15, 0.2) is 5.78 Å². The van der Waals surface area contributed by atoms with Crippen molar-refractivity contribution < 1.29 is 19.8 Å². The summed E-state index contributed by atoms with van der Waals surface area (Å²) in [6.07, 6.45) is 4.28. The third-order valence-electron chi connectivity index (χ3n) is 5.27. The van der Waals surface area contributed by atoms with Crippen LogP contribution >= 0.6 is 0 Å². The lowest BCUT2D eigenvalue weighted by atomic mass is 9.89. The Morgan fingerprint density at radius 1 is 0.966 bits per heavy atom. The predicted octanol–water partition coefficient (Wildman–Crippen LogP) is 5.29. The van der Waals surface area contributed by atoms with E-state index < -0.39 is 5.97 Å². The normalized spacial score (nSPS) is 10.7. The Bertz CT molecular complexity index is 842. The number of unbranched alkanes of at least 4 members (excludes halogenated alkanes) is 3. The van der Waals surface area contributed by atoms with E-state index in [1.54, 1.807) is 24.3 Å². The number of phenols is 1. The molecular formula is C24H31NO4. The van der Waals surface area contributed by atoms with Crippen molar-refractivity contribution in [3.8, 4) is 5.75 Å². The van der Waals surface area contributed by atoms with Crippen LogP contribution < -0.4 is 4.90 Å². The summed E-state index contributed by atoms with van der Waals surface area (Å²) in [5.41, 5.74) is 1.47. The van der Waals surface area contributed by atoms with Gasteiger partial charge in [-0.2, -0.15) is 0 Å². The van der Waals surface area contributed by atoms with Crippen molar-refractivity contribution in [3.63, 3.8) is 0 Å². The van der Waals surface area contributed by atoms with Gasteiger partial charge in [0.2, 0.25) is 0 Å². The second-order valence-corrected chi connectivity index (χ2v) is 7.13. The Balaban J connectivity index is 2.69. The number of benzene rings is 2. The van der Waals surface area contributed by atoms with Gasteiger partial charge in [-0.15, -0.1) is 0 Å². The van der Waals surface area contributed by atoms with Gasteiger partial charge in [0.05, 0.1) is 16.8 Å². The molecule has 0 aliphatic rings. The van der Waals surface area contributed by atoms with E-state index in [0.29, 0.717) is 36.3 Å². The zero-order chi connectivity index (χ0) is 21.4. The van der Waals surface area contributed by atoms with Crippen LogP contribution in [0, 0.1) is 0 Å². The third-order valence-corrected chi connectivity index (χ3v) is 5.27. The molecule has 29 heavy (non-hydrogen) atoms. The van der Waals surface area contributed by atoms with Crippen LogP contribution in [0.2, 0.25) is 0 Å². The Kier molecular flexibility index (Phi) is 8.25. The van der Waals surface area contributed by atoms with Crippen molar-refractivity contribution in [2.45, 2.75) is 52.9 Å². The van der Waals surface area contributed by atoms with Crippen LogP contribution in [-0.2, 0) is 6.42 Å². The molecule has 0 radical (unpaired) electrons. The molecule has 0 saturated heterocycles. The Labute approximate surface area is 173 Å². The Morgan fingerprint density at radius 2 is 1.62 bits per heavy atom. The quantitative estimate of drug-likeness (QED) is 0.398. The molecule has 5 heteroatoms. The molecule has 0 amide bonds. The molecule has 156 valence electrons. The van der Waals surface area contributed by atoms with Gasteiger partial charge in [0.1, 0.15) is 5.75 Å². The number of carboxylic acid groups (broad SMARTS) is 1. The summed E-state index contributed by atoms with van der Waals surface area (Å²) in [6, 6.07) is 10.2. The van der Waals surface area contributed by atoms with Crippen molar-refractivity contribution in [3.05, 3.63) is 58.7 Å². The molecule has 0 saturated carbocycles. The van der Waals surface area contributed by atoms with Crippen molar-refractivity contribution in [1.82, 2.24) is 0 Å². The van der Waals surface area contributed by atoms with Crippen LogP contribution in [0.1, 0.15) is 78.3 Å². The molecule has 0 heterocycles. The maximum atomic E-state index is 13.3. The van der Waals surface area contributed by atoms with Crippen LogP contribution in [0.5, 0.6) is 5.75 Å². The maximum absolute atomic E-state index is 13.3. The van der Waals surface area contributed by atoms with E-state index >= 15 is 0 Å². The van der Waals surface area contributed by atoms with Gasteiger partial charge in [-0.25, -0.2) is 4.79 Å². The third kappa shape index (κ3) is 5.17. The molecular weight excluding hydrogens is 366 g/mol. The summed E-state index contributed by atoms with van der Waals surface area (Å²) in [4.78, 5) is 27.3. The van der Waals surface area contributed by atoms with Crippen LogP contribution in [-0.4, -0.2) is 35.1 Å². The van der Waals surface area contributed by atoms with E-state index in [2.05, 4.69) is 6.92 Å². The Hall–Kier alpha value is -2.82. The summed E-state index contributed by atoms with van der Waals surface area (Å²) in [6.45, 7) is 7.16. The number of rotatable bonds is 11. The predicted molar refractivity (Wildman–Crippen MR) is 116 cm³/mol. The molecule has 2 rings (SSSR count). The number of aromatic carboxylic acids is 1. The molecule has 2 aromatic rings. The first-order chi connectivity index (χ1) is 14.0. The lowest BCUT2D eigenvalue weighted by molar-refractivity contribution is 0.0695. The summed E-state index contributed by atoms with van der Waals surface area (Å²) >= 11 is 0. The highest BCUT2D eigenvalue weighted by Gasteiger charge is 2.27. The first kappa shape index (κ1) is 22.5. The number of carbonyl (C=O) groups is 2. The fourth-order valence-corrected chi connectivity index (χ4v) is 3.66. The van der Waals surface area contributed by atoms with Crippen molar-refractivity contribution in [2.75, 3.05) is 18.0 Å². The largest absolute Gasteiger partial charge is 0.505 e. The van der Waals surface area contributed by atoms with Crippen LogP contribution in [0.25, 0.3) is 0 Å². The minimum Gasteiger partial charge on any atom is -0.505 e. The molecule has 2 aromatic carbocycles. The van der Waals surface area contributed by atoms with Gasteiger partial charge in [-0.3, -0.25) is 4.79 Å². The molecule has 0 spiro atoms. The van der Waals surface area contributed by atoms with E-state index in [1.165, 1.54) is 6.07 Å². The number of phenolic OH excluding ortho intramolecular Hbond substituents is 1. The number of hydrogen-bond donors (Lipinski definition) is 2. The average molecular weight is 398 g/mol. The maximum Gasteiger partial charge on any atom is 0.336 e. The second kappa shape index (κ2) is 10.6. The van der Waals surface area contributed by atoms with Crippen LogP contribution in [0.4, 0.5) is 5.69 Å². The van der Waals surface area contributed by atoms with E-state index in [9.17, 15) is 19.8 Å². The lowest BCUT2D eigenvalue weighted by Gasteiger charge is -2.25. The molecule has 0 unspecified atom stereocenters. The summed E-state index contributed by atoms with van der Waals surface area (Å²) in [7, 11) is 0. The van der Waals surface area contributed by atoms with Crippen molar-refractivity contribution in [2.24, 2.45) is 0 Å². The zero-order valence-corrected chi connectivity index (χ0v) is 17.6. The number of aromatic hydroxyl groups is 1. The average Bonchev–Trinajstić information content (AvgIpc) is 2.73. The molecule has 0 aromatic heterocycles. The highest BCUT2D eigenvalue weighted by atomic mass is 16.4. The molecule has 5 nitrogen and oxygen atoms in total. The van der Waals surface area contributed by atoms with E-state index in [4.69, 9.17) is 0 Å². The van der Waals surface area contributed by atoms with Gasteiger partial charge in [0.25, 0.3) is 0 Å². The molecule has 0 fully saturated rings. The molecule has 0 aliphatic heterocycles. The first-order valence-corrected chi connectivity index (χ1v) is 10.4. The number of carbonyl (C=O) groups excluding carboxylic acids is 1. The highest BCUT2D eigenvalue weighted by Crippen LogP contribution is 2.38. The summed E-state index contributed by atoms with van der Waals surface area (Å²) in [5.74, 6) is -1.55. The molecule has 2 N–H and O–H groups in total. The highest BCUT2D eigenvalue weighted by molar-refractivity contribution is 6.14. The summed E-state index contributed by atoms with van der Waals surface area (Å²) in [5, 5.41) is 21.0. The topological polar surface area (TPSA) is 77.8 Å².